The van der Waals surface area contributed by atoms with Gasteiger partial charge in [0.15, 0.2) is 0 Å². The molecule has 2 rings (SSSR count). The molecule has 13 heavy (non-hydrogen) atoms. The molecule has 2 nitrogen and oxygen atoms in total. The summed E-state index contributed by atoms with van der Waals surface area (Å²) in [6.07, 6.45) is 0. The quantitative estimate of drug-likeness (QED) is 0.565. The number of carbonyl (C=O) groups excluding carboxylic acids is 1. The molecule has 1 aliphatic heterocycles. The van der Waals surface area contributed by atoms with Crippen molar-refractivity contribution < 1.29 is 4.79 Å². The first-order valence-corrected chi connectivity index (χ1v) is 4.70. The third-order valence-corrected chi connectivity index (χ3v) is 2.77. The van der Waals surface area contributed by atoms with Crippen molar-refractivity contribution in [2.75, 3.05) is 0 Å². The normalized spacial score (nSPS) is 26.5. The van der Waals surface area contributed by atoms with Gasteiger partial charge in [0.2, 0.25) is 5.91 Å². The fraction of sp³-hybridized carbons (Fsp3) is 0.222. The van der Waals surface area contributed by atoms with E-state index in [2.05, 4.69) is 5.32 Å². The lowest BCUT2D eigenvalue weighted by molar-refractivity contribution is -0.127. The zero-order valence-electron chi connectivity index (χ0n) is 6.63. The molecule has 1 aromatic rings. The summed E-state index contributed by atoms with van der Waals surface area (Å²) in [7, 11) is 0. The minimum absolute atomic E-state index is 0.0635. The van der Waals surface area contributed by atoms with Gasteiger partial charge in [0, 0.05) is 5.02 Å². The molecule has 0 aromatic heterocycles. The largest absolute Gasteiger partial charge is 0.346 e. The minimum Gasteiger partial charge on any atom is -0.346 e. The number of carbonyl (C=O) groups is 1. The number of alkyl halides is 1. The van der Waals surface area contributed by atoms with Crippen molar-refractivity contribution in [1.29, 1.82) is 0 Å². The molecular weight excluding hydrogens is 209 g/mol. The van der Waals surface area contributed by atoms with Gasteiger partial charge in [0.1, 0.15) is 5.38 Å². The number of β-lactam (4-membered cyclic amide) rings is 1. The van der Waals surface area contributed by atoms with Crippen LogP contribution in [0.25, 0.3) is 0 Å². The van der Waals surface area contributed by atoms with E-state index >= 15 is 0 Å². The topological polar surface area (TPSA) is 29.1 Å². The van der Waals surface area contributed by atoms with Gasteiger partial charge < -0.3 is 5.32 Å². The van der Waals surface area contributed by atoms with Crippen LogP contribution in [0.4, 0.5) is 0 Å². The molecule has 2 atom stereocenters. The molecule has 68 valence electrons. The molecule has 4 heteroatoms. The number of hydrogen-bond acceptors (Lipinski definition) is 1. The Bertz CT molecular complexity index is 336. The first kappa shape index (κ1) is 8.85. The van der Waals surface area contributed by atoms with E-state index in [9.17, 15) is 4.79 Å². The van der Waals surface area contributed by atoms with E-state index in [1.165, 1.54) is 0 Å². The Kier molecular flexibility index (Phi) is 2.18. The van der Waals surface area contributed by atoms with Crippen LogP contribution < -0.4 is 5.32 Å². The zero-order valence-corrected chi connectivity index (χ0v) is 8.14. The van der Waals surface area contributed by atoms with Crippen LogP contribution >= 0.6 is 23.2 Å². The van der Waals surface area contributed by atoms with Crippen LogP contribution in [-0.2, 0) is 4.79 Å². The highest BCUT2D eigenvalue weighted by molar-refractivity contribution is 6.33. The summed E-state index contributed by atoms with van der Waals surface area (Å²) in [5.41, 5.74) is 0.990. The average Bonchev–Trinajstić information content (AvgIpc) is 2.15. The number of halogens is 2. The van der Waals surface area contributed by atoms with Gasteiger partial charge in [-0.1, -0.05) is 23.7 Å². The summed E-state index contributed by atoms with van der Waals surface area (Å²) in [6, 6.07) is 7.23. The van der Waals surface area contributed by atoms with Crippen LogP contribution in [0.15, 0.2) is 24.3 Å². The lowest BCUT2D eigenvalue weighted by atomic mass is 9.97. The van der Waals surface area contributed by atoms with Crippen LogP contribution in [-0.4, -0.2) is 11.3 Å². The summed E-state index contributed by atoms with van der Waals surface area (Å²) in [5, 5.41) is 2.95. The van der Waals surface area contributed by atoms with Crippen LogP contribution in [0.3, 0.4) is 0 Å². The third kappa shape index (κ3) is 1.52. The lowest BCUT2D eigenvalue weighted by Crippen LogP contribution is -2.52. The standard InChI is InChI=1S/C9H7Cl2NO/c10-6-3-1-5(2-4-6)8-7(11)9(13)12-8/h1-4,7-8H,(H,12,13)/t7-,8-/m0/s1. The molecule has 0 unspecified atom stereocenters. The summed E-state index contributed by atoms with van der Waals surface area (Å²) >= 11 is 11.5. The third-order valence-electron chi connectivity index (χ3n) is 2.07. The van der Waals surface area contributed by atoms with Crippen LogP contribution in [0.5, 0.6) is 0 Å². The molecule has 1 fully saturated rings. The molecule has 0 bridgehead atoms. The number of benzene rings is 1. The predicted molar refractivity (Wildman–Crippen MR) is 52.0 cm³/mol. The van der Waals surface area contributed by atoms with E-state index in [4.69, 9.17) is 23.2 Å². The van der Waals surface area contributed by atoms with Crippen molar-refractivity contribution in [2.24, 2.45) is 0 Å². The smallest absolute Gasteiger partial charge is 0.241 e. The van der Waals surface area contributed by atoms with E-state index in [-0.39, 0.29) is 11.9 Å². The van der Waals surface area contributed by atoms with Crippen molar-refractivity contribution in [2.45, 2.75) is 11.4 Å². The fourth-order valence-corrected chi connectivity index (χ4v) is 1.68. The highest BCUT2D eigenvalue weighted by Crippen LogP contribution is 2.29. The van der Waals surface area contributed by atoms with Crippen LogP contribution in [0, 0.1) is 0 Å². The Morgan fingerprint density at radius 2 is 1.85 bits per heavy atom. The van der Waals surface area contributed by atoms with Crippen molar-refractivity contribution in [3.8, 4) is 0 Å². The molecule has 1 aliphatic rings. The van der Waals surface area contributed by atoms with E-state index in [1.807, 2.05) is 12.1 Å². The van der Waals surface area contributed by atoms with Crippen molar-refractivity contribution in [1.82, 2.24) is 5.32 Å². The molecule has 0 saturated carbocycles. The first-order valence-electron chi connectivity index (χ1n) is 3.88. The molecule has 1 aromatic carbocycles. The van der Waals surface area contributed by atoms with Gasteiger partial charge in [-0.25, -0.2) is 0 Å². The van der Waals surface area contributed by atoms with Crippen molar-refractivity contribution in [3.63, 3.8) is 0 Å². The average molecular weight is 216 g/mol. The van der Waals surface area contributed by atoms with Crippen LogP contribution in [0.1, 0.15) is 11.6 Å². The van der Waals surface area contributed by atoms with Crippen LogP contribution in [0.2, 0.25) is 5.02 Å². The maximum Gasteiger partial charge on any atom is 0.241 e. The Balaban J connectivity index is 2.18. The molecule has 1 amide bonds. The van der Waals surface area contributed by atoms with E-state index in [0.717, 1.165) is 5.56 Å². The molecule has 0 aliphatic carbocycles. The van der Waals surface area contributed by atoms with Gasteiger partial charge in [0.05, 0.1) is 6.04 Å². The minimum atomic E-state index is -0.443. The molecule has 1 heterocycles. The SMILES string of the molecule is O=C1N[C@@H](c2ccc(Cl)cc2)[C@@H]1Cl. The van der Waals surface area contributed by atoms with Gasteiger partial charge >= 0.3 is 0 Å². The Morgan fingerprint density at radius 3 is 2.31 bits per heavy atom. The predicted octanol–water partition coefficient (Wildman–Crippen LogP) is 2.12. The molecule has 1 saturated heterocycles. The van der Waals surface area contributed by atoms with E-state index < -0.39 is 5.38 Å². The lowest BCUT2D eigenvalue weighted by Gasteiger charge is -2.32. The highest BCUT2D eigenvalue weighted by atomic mass is 35.5. The Morgan fingerprint density at radius 1 is 1.23 bits per heavy atom. The molecule has 0 spiro atoms. The number of amides is 1. The maximum absolute atomic E-state index is 10.8. The van der Waals surface area contributed by atoms with Gasteiger partial charge in [-0.3, -0.25) is 4.79 Å². The fourth-order valence-electron chi connectivity index (χ4n) is 1.28. The molecule has 0 radical (unpaired) electrons. The van der Waals surface area contributed by atoms with Gasteiger partial charge in [-0.05, 0) is 17.7 Å². The molecular formula is C9H7Cl2NO. The first-order chi connectivity index (χ1) is 6.18. The highest BCUT2D eigenvalue weighted by Gasteiger charge is 2.38. The zero-order chi connectivity index (χ0) is 9.42. The molecule has 1 N–H and O–H groups in total. The van der Waals surface area contributed by atoms with E-state index in [0.29, 0.717) is 5.02 Å². The summed E-state index contributed by atoms with van der Waals surface area (Å²) < 4.78 is 0. The van der Waals surface area contributed by atoms with Crippen molar-refractivity contribution in [3.05, 3.63) is 34.9 Å². The number of hydrogen-bond donors (Lipinski definition) is 1. The number of nitrogens with one attached hydrogen (secondary N) is 1. The monoisotopic (exact) mass is 215 g/mol. The summed E-state index contributed by atoms with van der Waals surface area (Å²) in [4.78, 5) is 10.8. The van der Waals surface area contributed by atoms with Crippen molar-refractivity contribution >= 4 is 29.1 Å². The second-order valence-electron chi connectivity index (χ2n) is 2.94. The Labute approximate surface area is 85.8 Å². The Hall–Kier alpha value is -0.730. The summed E-state index contributed by atoms with van der Waals surface area (Å²) in [6.45, 7) is 0. The van der Waals surface area contributed by atoms with E-state index in [1.54, 1.807) is 12.1 Å². The second kappa shape index (κ2) is 3.20. The van der Waals surface area contributed by atoms with Gasteiger partial charge in [-0.15, -0.1) is 11.6 Å². The second-order valence-corrected chi connectivity index (χ2v) is 3.85. The summed E-state index contributed by atoms with van der Waals surface area (Å²) in [5.74, 6) is -0.110. The van der Waals surface area contributed by atoms with Gasteiger partial charge in [0.25, 0.3) is 0 Å². The number of rotatable bonds is 1. The maximum atomic E-state index is 10.8. The van der Waals surface area contributed by atoms with Gasteiger partial charge in [-0.2, -0.15) is 0 Å².